The van der Waals surface area contributed by atoms with Crippen LogP contribution in [0, 0.1) is 6.92 Å². The molecule has 1 rings (SSSR count). The molecule has 0 aromatic heterocycles. The first kappa shape index (κ1) is 13.0. The summed E-state index contributed by atoms with van der Waals surface area (Å²) in [4.78, 5) is 2.16. The average Bonchev–Trinajstić information content (AvgIpc) is 2.25. The first-order valence-electron chi connectivity index (χ1n) is 5.55. The van der Waals surface area contributed by atoms with E-state index in [1.807, 2.05) is 26.1 Å². The van der Waals surface area contributed by atoms with Gasteiger partial charge in [-0.05, 0) is 32.5 Å². The minimum absolute atomic E-state index is 0.191. The number of benzene rings is 1. The molecular weight excluding hydrogens is 202 g/mol. The Morgan fingerprint density at radius 2 is 2.12 bits per heavy atom. The maximum Gasteiger partial charge on any atom is 0.120 e. The van der Waals surface area contributed by atoms with Crippen LogP contribution >= 0.6 is 0 Å². The van der Waals surface area contributed by atoms with Crippen LogP contribution in [-0.4, -0.2) is 37.3 Å². The second-order valence-electron chi connectivity index (χ2n) is 4.21. The van der Waals surface area contributed by atoms with Crippen molar-refractivity contribution in [2.24, 2.45) is 0 Å². The average molecular weight is 223 g/mol. The van der Waals surface area contributed by atoms with E-state index < -0.39 is 0 Å². The lowest BCUT2D eigenvalue weighted by molar-refractivity contribution is 0.142. The third-order valence-electron chi connectivity index (χ3n) is 2.95. The van der Waals surface area contributed by atoms with Crippen LogP contribution in [-0.2, 0) is 4.74 Å². The lowest BCUT2D eigenvalue weighted by Gasteiger charge is -2.25. The number of likely N-dealkylation sites (N-methyl/N-ethyl adjacent to an activating group) is 1. The van der Waals surface area contributed by atoms with E-state index in [0.29, 0.717) is 12.4 Å². The molecule has 3 nitrogen and oxygen atoms in total. The van der Waals surface area contributed by atoms with Gasteiger partial charge >= 0.3 is 0 Å². The molecule has 1 aromatic carbocycles. The number of methoxy groups -OCH3 is 1. The molecule has 0 saturated heterocycles. The fourth-order valence-corrected chi connectivity index (χ4v) is 1.67. The number of aryl methyl sites for hydroxylation is 1. The molecule has 1 unspecified atom stereocenters. The standard InChI is InChI=1S/C13H21NO2/c1-10-5-6-12(13(15)9-10)11(2)14(3)7-8-16-4/h5-6,9,11,15H,7-8H2,1-4H3. The summed E-state index contributed by atoms with van der Waals surface area (Å²) in [6.45, 7) is 5.61. The summed E-state index contributed by atoms with van der Waals surface area (Å²) in [5.74, 6) is 0.372. The van der Waals surface area contributed by atoms with Gasteiger partial charge in [-0.2, -0.15) is 0 Å². The molecule has 0 saturated carbocycles. The Morgan fingerprint density at radius 1 is 1.44 bits per heavy atom. The highest BCUT2D eigenvalue weighted by molar-refractivity contribution is 5.37. The quantitative estimate of drug-likeness (QED) is 0.831. The van der Waals surface area contributed by atoms with E-state index in [1.165, 1.54) is 0 Å². The van der Waals surface area contributed by atoms with Crippen molar-refractivity contribution in [2.75, 3.05) is 27.3 Å². The second kappa shape index (κ2) is 5.87. The highest BCUT2D eigenvalue weighted by Crippen LogP contribution is 2.28. The molecule has 16 heavy (non-hydrogen) atoms. The van der Waals surface area contributed by atoms with Gasteiger partial charge in [-0.1, -0.05) is 12.1 Å². The van der Waals surface area contributed by atoms with Crippen LogP contribution in [0.4, 0.5) is 0 Å². The smallest absolute Gasteiger partial charge is 0.120 e. The van der Waals surface area contributed by atoms with Gasteiger partial charge in [-0.15, -0.1) is 0 Å². The largest absolute Gasteiger partial charge is 0.508 e. The number of aromatic hydroxyl groups is 1. The monoisotopic (exact) mass is 223 g/mol. The van der Waals surface area contributed by atoms with E-state index in [-0.39, 0.29) is 6.04 Å². The first-order chi connectivity index (χ1) is 7.56. The van der Waals surface area contributed by atoms with E-state index in [2.05, 4.69) is 11.8 Å². The molecule has 0 aliphatic rings. The fraction of sp³-hybridized carbons (Fsp3) is 0.538. The zero-order chi connectivity index (χ0) is 12.1. The molecule has 1 atom stereocenters. The number of ether oxygens (including phenoxy) is 1. The molecule has 90 valence electrons. The lowest BCUT2D eigenvalue weighted by atomic mass is 10.0. The molecule has 0 fully saturated rings. The molecule has 0 bridgehead atoms. The van der Waals surface area contributed by atoms with Crippen molar-refractivity contribution in [1.29, 1.82) is 0 Å². The Bertz CT molecular complexity index is 339. The van der Waals surface area contributed by atoms with E-state index in [4.69, 9.17) is 4.74 Å². The van der Waals surface area contributed by atoms with Crippen LogP contribution in [0.2, 0.25) is 0 Å². The van der Waals surface area contributed by atoms with Gasteiger partial charge in [0.15, 0.2) is 0 Å². The zero-order valence-electron chi connectivity index (χ0n) is 10.5. The van der Waals surface area contributed by atoms with Crippen LogP contribution in [0.25, 0.3) is 0 Å². The highest BCUT2D eigenvalue weighted by Gasteiger charge is 2.14. The van der Waals surface area contributed by atoms with Crippen molar-refractivity contribution in [3.8, 4) is 5.75 Å². The SMILES string of the molecule is COCCN(C)C(C)c1ccc(C)cc1O. The van der Waals surface area contributed by atoms with Crippen molar-refractivity contribution in [2.45, 2.75) is 19.9 Å². The van der Waals surface area contributed by atoms with Gasteiger partial charge < -0.3 is 9.84 Å². The maximum atomic E-state index is 9.88. The number of phenolic OH excluding ortho intramolecular Hbond substituents is 1. The van der Waals surface area contributed by atoms with Crippen molar-refractivity contribution in [3.05, 3.63) is 29.3 Å². The molecule has 0 spiro atoms. The topological polar surface area (TPSA) is 32.7 Å². The van der Waals surface area contributed by atoms with E-state index in [1.54, 1.807) is 13.2 Å². The molecule has 0 heterocycles. The van der Waals surface area contributed by atoms with Crippen molar-refractivity contribution in [1.82, 2.24) is 4.90 Å². The van der Waals surface area contributed by atoms with Crippen molar-refractivity contribution >= 4 is 0 Å². The molecule has 0 radical (unpaired) electrons. The Labute approximate surface area is 97.7 Å². The molecule has 0 aliphatic heterocycles. The Morgan fingerprint density at radius 3 is 2.69 bits per heavy atom. The molecular formula is C13H21NO2. The highest BCUT2D eigenvalue weighted by atomic mass is 16.5. The summed E-state index contributed by atoms with van der Waals surface area (Å²) in [6.07, 6.45) is 0. The minimum Gasteiger partial charge on any atom is -0.508 e. The number of rotatable bonds is 5. The molecule has 0 aliphatic carbocycles. The number of nitrogens with zero attached hydrogens (tertiary/aromatic N) is 1. The Hall–Kier alpha value is -1.06. The number of phenols is 1. The normalized spacial score (nSPS) is 13.1. The summed E-state index contributed by atoms with van der Waals surface area (Å²) >= 11 is 0. The summed E-state index contributed by atoms with van der Waals surface area (Å²) in [5.41, 5.74) is 2.04. The van der Waals surface area contributed by atoms with Crippen molar-refractivity contribution in [3.63, 3.8) is 0 Å². The van der Waals surface area contributed by atoms with Crippen LogP contribution in [0.15, 0.2) is 18.2 Å². The van der Waals surface area contributed by atoms with Crippen LogP contribution < -0.4 is 0 Å². The molecule has 1 aromatic rings. The maximum absolute atomic E-state index is 9.88. The third-order valence-corrected chi connectivity index (χ3v) is 2.95. The predicted octanol–water partition coefficient (Wildman–Crippen LogP) is 2.34. The number of hydrogen-bond donors (Lipinski definition) is 1. The summed E-state index contributed by atoms with van der Waals surface area (Å²) in [7, 11) is 3.73. The van der Waals surface area contributed by atoms with Gasteiger partial charge in [0, 0.05) is 25.3 Å². The van der Waals surface area contributed by atoms with Gasteiger partial charge in [0.2, 0.25) is 0 Å². The minimum atomic E-state index is 0.191. The van der Waals surface area contributed by atoms with Crippen LogP contribution in [0.1, 0.15) is 24.1 Å². The van der Waals surface area contributed by atoms with Gasteiger partial charge in [0.05, 0.1) is 6.61 Å². The van der Waals surface area contributed by atoms with E-state index >= 15 is 0 Å². The predicted molar refractivity (Wildman–Crippen MR) is 65.8 cm³/mol. The van der Waals surface area contributed by atoms with Gasteiger partial charge in [-0.3, -0.25) is 4.90 Å². The van der Waals surface area contributed by atoms with Crippen LogP contribution in [0.5, 0.6) is 5.75 Å². The zero-order valence-corrected chi connectivity index (χ0v) is 10.5. The molecule has 1 N–H and O–H groups in total. The van der Waals surface area contributed by atoms with Gasteiger partial charge in [-0.25, -0.2) is 0 Å². The van der Waals surface area contributed by atoms with Gasteiger partial charge in [0.25, 0.3) is 0 Å². The van der Waals surface area contributed by atoms with Gasteiger partial charge in [0.1, 0.15) is 5.75 Å². The first-order valence-corrected chi connectivity index (χ1v) is 5.55. The van der Waals surface area contributed by atoms with Crippen LogP contribution in [0.3, 0.4) is 0 Å². The second-order valence-corrected chi connectivity index (χ2v) is 4.21. The van der Waals surface area contributed by atoms with Crippen molar-refractivity contribution < 1.29 is 9.84 Å². The molecule has 3 heteroatoms. The lowest BCUT2D eigenvalue weighted by Crippen LogP contribution is -2.26. The summed E-state index contributed by atoms with van der Waals surface area (Å²) in [6, 6.07) is 6.00. The van der Waals surface area contributed by atoms with E-state index in [0.717, 1.165) is 17.7 Å². The fourth-order valence-electron chi connectivity index (χ4n) is 1.67. The number of hydrogen-bond acceptors (Lipinski definition) is 3. The summed E-state index contributed by atoms with van der Waals surface area (Å²) < 4.78 is 5.04. The van der Waals surface area contributed by atoms with E-state index in [9.17, 15) is 5.11 Å². The molecule has 0 amide bonds. The third kappa shape index (κ3) is 3.22. The summed E-state index contributed by atoms with van der Waals surface area (Å²) in [5, 5.41) is 9.88. The Balaban J connectivity index is 2.75. The Kier molecular flexibility index (Phi) is 4.77.